The summed E-state index contributed by atoms with van der Waals surface area (Å²) < 4.78 is 1.12. The van der Waals surface area contributed by atoms with Gasteiger partial charge in [0.05, 0.1) is 5.56 Å². The number of hydrogen-bond donors (Lipinski definition) is 2. The summed E-state index contributed by atoms with van der Waals surface area (Å²) >= 11 is 5.80. The molecule has 0 aliphatic heterocycles. The van der Waals surface area contributed by atoms with Gasteiger partial charge in [-0.25, -0.2) is 4.79 Å². The van der Waals surface area contributed by atoms with E-state index in [2.05, 4.69) is 5.32 Å². The van der Waals surface area contributed by atoms with Crippen molar-refractivity contribution < 1.29 is 14.7 Å². The first-order chi connectivity index (χ1) is 9.95. The molecule has 1 aromatic heterocycles. The van der Waals surface area contributed by atoms with Gasteiger partial charge >= 0.3 is 5.97 Å². The number of nitrogens with one attached hydrogen (secondary N) is 1. The second-order valence-corrected chi connectivity index (χ2v) is 4.68. The van der Waals surface area contributed by atoms with Crippen molar-refractivity contribution in [1.82, 2.24) is 4.57 Å². The van der Waals surface area contributed by atoms with E-state index < -0.39 is 17.4 Å². The van der Waals surface area contributed by atoms with Crippen LogP contribution in [0.3, 0.4) is 0 Å². The van der Waals surface area contributed by atoms with Crippen molar-refractivity contribution in [1.29, 1.82) is 0 Å². The van der Waals surface area contributed by atoms with E-state index in [-0.39, 0.29) is 12.1 Å². The molecule has 1 amide bonds. The van der Waals surface area contributed by atoms with Gasteiger partial charge in [0.2, 0.25) is 5.91 Å². The van der Waals surface area contributed by atoms with E-state index in [0.29, 0.717) is 10.7 Å². The summed E-state index contributed by atoms with van der Waals surface area (Å²) in [5.41, 5.74) is -0.162. The number of hydrogen-bond acceptors (Lipinski definition) is 3. The van der Waals surface area contributed by atoms with Gasteiger partial charge in [-0.3, -0.25) is 9.59 Å². The van der Waals surface area contributed by atoms with Gasteiger partial charge in [0, 0.05) is 23.0 Å². The Kier molecular flexibility index (Phi) is 4.39. The van der Waals surface area contributed by atoms with Crippen LogP contribution in [0, 0.1) is 0 Å². The topological polar surface area (TPSA) is 88.4 Å². The number of carbonyl (C=O) groups is 2. The molecule has 0 aliphatic carbocycles. The Labute approximate surface area is 124 Å². The van der Waals surface area contributed by atoms with E-state index in [0.717, 1.165) is 10.6 Å². The van der Waals surface area contributed by atoms with Gasteiger partial charge in [0.25, 0.3) is 5.56 Å². The summed E-state index contributed by atoms with van der Waals surface area (Å²) in [5, 5.41) is 11.8. The average molecular weight is 307 g/mol. The summed E-state index contributed by atoms with van der Waals surface area (Å²) in [4.78, 5) is 34.2. The number of carbonyl (C=O) groups excluding carboxylic acids is 1. The Morgan fingerprint density at radius 1 is 1.24 bits per heavy atom. The molecule has 0 saturated heterocycles. The number of rotatable bonds is 4. The highest BCUT2D eigenvalue weighted by molar-refractivity contribution is 6.30. The highest BCUT2D eigenvalue weighted by Gasteiger charge is 2.08. The number of anilines is 1. The lowest BCUT2D eigenvalue weighted by Crippen LogP contribution is -2.27. The molecule has 21 heavy (non-hydrogen) atoms. The SMILES string of the molecule is O=C(Cn1ccc(C(=O)O)cc1=O)Nc1cccc(Cl)c1. The molecule has 0 fully saturated rings. The molecule has 0 radical (unpaired) electrons. The fourth-order valence-corrected chi connectivity index (χ4v) is 1.88. The lowest BCUT2D eigenvalue weighted by Gasteiger charge is -2.07. The van der Waals surface area contributed by atoms with Crippen molar-refractivity contribution >= 4 is 29.2 Å². The molecular formula is C14H11ClN2O4. The molecule has 0 unspecified atom stereocenters. The number of carboxylic acids is 1. The second kappa shape index (κ2) is 6.23. The Morgan fingerprint density at radius 3 is 2.62 bits per heavy atom. The van der Waals surface area contributed by atoms with Crippen LogP contribution >= 0.6 is 11.6 Å². The van der Waals surface area contributed by atoms with E-state index >= 15 is 0 Å². The van der Waals surface area contributed by atoms with Crippen molar-refractivity contribution in [2.75, 3.05) is 5.32 Å². The standard InChI is InChI=1S/C14H11ClN2O4/c15-10-2-1-3-11(7-10)16-12(18)8-17-5-4-9(14(20)21)6-13(17)19/h1-7H,8H2,(H,16,18)(H,20,21). The number of nitrogens with zero attached hydrogens (tertiary/aromatic N) is 1. The Balaban J connectivity index is 2.09. The van der Waals surface area contributed by atoms with Gasteiger partial charge in [-0.05, 0) is 24.3 Å². The van der Waals surface area contributed by atoms with Crippen LogP contribution in [-0.2, 0) is 11.3 Å². The predicted molar refractivity (Wildman–Crippen MR) is 77.7 cm³/mol. The third-order valence-corrected chi connectivity index (χ3v) is 2.90. The van der Waals surface area contributed by atoms with E-state index in [1.807, 2.05) is 0 Å². The molecule has 7 heteroatoms. The van der Waals surface area contributed by atoms with Gasteiger partial charge in [-0.1, -0.05) is 17.7 Å². The maximum atomic E-state index is 11.8. The van der Waals surface area contributed by atoms with Crippen molar-refractivity contribution in [3.05, 3.63) is 63.5 Å². The first-order valence-electron chi connectivity index (χ1n) is 5.95. The molecule has 0 saturated carbocycles. The summed E-state index contributed by atoms with van der Waals surface area (Å²) in [6.07, 6.45) is 1.27. The van der Waals surface area contributed by atoms with Crippen LogP contribution in [0.4, 0.5) is 5.69 Å². The fourth-order valence-electron chi connectivity index (χ4n) is 1.69. The lowest BCUT2D eigenvalue weighted by atomic mass is 10.2. The fraction of sp³-hybridized carbons (Fsp3) is 0.0714. The molecule has 2 rings (SSSR count). The molecule has 2 aromatic rings. The molecule has 0 bridgehead atoms. The van der Waals surface area contributed by atoms with Crippen molar-refractivity contribution in [2.24, 2.45) is 0 Å². The van der Waals surface area contributed by atoms with Crippen molar-refractivity contribution in [2.45, 2.75) is 6.54 Å². The minimum Gasteiger partial charge on any atom is -0.478 e. The third-order valence-electron chi connectivity index (χ3n) is 2.67. The monoisotopic (exact) mass is 306 g/mol. The Hall–Kier alpha value is -2.60. The highest BCUT2D eigenvalue weighted by Crippen LogP contribution is 2.14. The van der Waals surface area contributed by atoms with Gasteiger partial charge in [0.1, 0.15) is 6.54 Å². The number of aromatic nitrogens is 1. The molecule has 0 atom stereocenters. The van der Waals surface area contributed by atoms with E-state index in [4.69, 9.17) is 16.7 Å². The van der Waals surface area contributed by atoms with Gasteiger partial charge < -0.3 is 15.0 Å². The maximum absolute atomic E-state index is 11.8. The zero-order chi connectivity index (χ0) is 15.4. The molecule has 2 N–H and O–H groups in total. The van der Waals surface area contributed by atoms with Crippen LogP contribution in [0.1, 0.15) is 10.4 Å². The van der Waals surface area contributed by atoms with E-state index in [1.54, 1.807) is 24.3 Å². The predicted octanol–water partition coefficient (Wildman–Crippen LogP) is 1.84. The third kappa shape index (κ3) is 3.93. The Morgan fingerprint density at radius 2 is 2.00 bits per heavy atom. The van der Waals surface area contributed by atoms with Crippen LogP contribution in [0.5, 0.6) is 0 Å². The average Bonchev–Trinajstić information content (AvgIpc) is 2.40. The molecule has 1 aromatic carbocycles. The molecular weight excluding hydrogens is 296 g/mol. The van der Waals surface area contributed by atoms with Crippen molar-refractivity contribution in [3.8, 4) is 0 Å². The van der Waals surface area contributed by atoms with Crippen LogP contribution < -0.4 is 10.9 Å². The first-order valence-corrected chi connectivity index (χ1v) is 6.33. The Bertz CT molecular complexity index is 755. The number of benzene rings is 1. The van der Waals surface area contributed by atoms with Gasteiger partial charge in [0.15, 0.2) is 0 Å². The zero-order valence-electron chi connectivity index (χ0n) is 10.7. The number of pyridine rings is 1. The summed E-state index contributed by atoms with van der Waals surface area (Å²) in [6.45, 7) is -0.217. The highest BCUT2D eigenvalue weighted by atomic mass is 35.5. The van der Waals surface area contributed by atoms with Crippen LogP contribution in [0.2, 0.25) is 5.02 Å². The molecule has 0 spiro atoms. The minimum atomic E-state index is -1.19. The molecule has 0 aliphatic rings. The summed E-state index contributed by atoms with van der Waals surface area (Å²) in [6, 6.07) is 8.83. The van der Waals surface area contributed by atoms with Crippen LogP contribution in [0.25, 0.3) is 0 Å². The quantitative estimate of drug-likeness (QED) is 0.902. The summed E-state index contributed by atoms with van der Waals surface area (Å²) in [5.74, 6) is -1.61. The second-order valence-electron chi connectivity index (χ2n) is 4.25. The van der Waals surface area contributed by atoms with Gasteiger partial charge in [-0.15, -0.1) is 0 Å². The smallest absolute Gasteiger partial charge is 0.335 e. The molecule has 1 heterocycles. The largest absolute Gasteiger partial charge is 0.478 e. The molecule has 6 nitrogen and oxygen atoms in total. The lowest BCUT2D eigenvalue weighted by molar-refractivity contribution is -0.116. The zero-order valence-corrected chi connectivity index (χ0v) is 11.5. The van der Waals surface area contributed by atoms with Crippen molar-refractivity contribution in [3.63, 3.8) is 0 Å². The normalized spacial score (nSPS) is 10.1. The number of carboxylic acid groups (broad SMARTS) is 1. The number of halogens is 1. The van der Waals surface area contributed by atoms with Crippen LogP contribution in [0.15, 0.2) is 47.4 Å². The number of amides is 1. The van der Waals surface area contributed by atoms with E-state index in [1.165, 1.54) is 12.3 Å². The minimum absolute atomic E-state index is 0.119. The van der Waals surface area contributed by atoms with E-state index in [9.17, 15) is 14.4 Å². The number of aromatic carboxylic acids is 1. The maximum Gasteiger partial charge on any atom is 0.335 e. The molecule has 108 valence electrons. The van der Waals surface area contributed by atoms with Gasteiger partial charge in [-0.2, -0.15) is 0 Å². The first kappa shape index (κ1) is 14.8. The summed E-state index contributed by atoms with van der Waals surface area (Å²) in [7, 11) is 0. The van der Waals surface area contributed by atoms with Crippen LogP contribution in [-0.4, -0.2) is 21.6 Å².